The van der Waals surface area contributed by atoms with Crippen molar-refractivity contribution in [2.75, 3.05) is 6.54 Å². The van der Waals surface area contributed by atoms with E-state index in [1.807, 2.05) is 29.7 Å². The van der Waals surface area contributed by atoms with E-state index in [2.05, 4.69) is 15.3 Å². The summed E-state index contributed by atoms with van der Waals surface area (Å²) in [5.41, 5.74) is 2.38. The molecule has 0 saturated heterocycles. The molecular formula is C18H18Cl2N4O. The van der Waals surface area contributed by atoms with Gasteiger partial charge in [-0.15, -0.1) is 0 Å². The summed E-state index contributed by atoms with van der Waals surface area (Å²) in [4.78, 5) is 21.2. The molecule has 3 aromatic rings. The summed E-state index contributed by atoms with van der Waals surface area (Å²) in [5, 5.41) is 3.77. The molecule has 0 aliphatic rings. The van der Waals surface area contributed by atoms with Gasteiger partial charge in [0.2, 0.25) is 5.91 Å². The molecule has 1 amide bonds. The lowest BCUT2D eigenvalue weighted by Crippen LogP contribution is -2.28. The third-order valence-corrected chi connectivity index (χ3v) is 4.53. The van der Waals surface area contributed by atoms with Gasteiger partial charge in [0, 0.05) is 24.9 Å². The first-order chi connectivity index (χ1) is 12.1. The Morgan fingerprint density at radius 1 is 1.24 bits per heavy atom. The maximum Gasteiger partial charge on any atom is 0.240 e. The zero-order valence-electron chi connectivity index (χ0n) is 13.8. The van der Waals surface area contributed by atoms with Crippen molar-refractivity contribution < 1.29 is 4.79 Å². The number of pyridine rings is 1. The van der Waals surface area contributed by atoms with E-state index in [1.54, 1.807) is 18.3 Å². The molecule has 7 heteroatoms. The first-order valence-corrected chi connectivity index (χ1v) is 8.85. The molecule has 5 nitrogen and oxygen atoms in total. The number of benzene rings is 1. The summed E-state index contributed by atoms with van der Waals surface area (Å²) in [6.45, 7) is 2.84. The van der Waals surface area contributed by atoms with Crippen molar-refractivity contribution in [1.82, 2.24) is 19.9 Å². The molecule has 1 N–H and O–H groups in total. The van der Waals surface area contributed by atoms with Gasteiger partial charge in [-0.2, -0.15) is 0 Å². The molecule has 0 aliphatic carbocycles. The molecule has 3 rings (SSSR count). The normalized spacial score (nSPS) is 11.0. The molecule has 25 heavy (non-hydrogen) atoms. The van der Waals surface area contributed by atoms with Crippen molar-refractivity contribution in [2.24, 2.45) is 0 Å². The molecule has 0 fully saturated rings. The Hall–Kier alpha value is -2.11. The molecule has 2 aromatic heterocycles. The van der Waals surface area contributed by atoms with Gasteiger partial charge in [0.25, 0.3) is 0 Å². The second-order valence-electron chi connectivity index (χ2n) is 5.72. The highest BCUT2D eigenvalue weighted by Crippen LogP contribution is 2.28. The molecule has 0 radical (unpaired) electrons. The van der Waals surface area contributed by atoms with Gasteiger partial charge in [-0.05, 0) is 30.7 Å². The molecule has 0 bridgehead atoms. The van der Waals surface area contributed by atoms with Crippen LogP contribution in [0.3, 0.4) is 0 Å². The summed E-state index contributed by atoms with van der Waals surface area (Å²) in [5.74, 6) is 0.688. The minimum absolute atomic E-state index is 0.0607. The van der Waals surface area contributed by atoms with Gasteiger partial charge in [0.1, 0.15) is 12.4 Å². The van der Waals surface area contributed by atoms with Gasteiger partial charge < -0.3 is 9.88 Å². The summed E-state index contributed by atoms with van der Waals surface area (Å²) >= 11 is 12.3. The van der Waals surface area contributed by atoms with E-state index >= 15 is 0 Å². The van der Waals surface area contributed by atoms with Crippen LogP contribution in [0.2, 0.25) is 10.0 Å². The van der Waals surface area contributed by atoms with Crippen molar-refractivity contribution in [2.45, 2.75) is 26.3 Å². The van der Waals surface area contributed by atoms with Crippen LogP contribution in [0, 0.1) is 0 Å². The number of hydrogen-bond donors (Lipinski definition) is 1. The lowest BCUT2D eigenvalue weighted by Gasteiger charge is -2.10. The lowest BCUT2D eigenvalue weighted by atomic mass is 10.2. The van der Waals surface area contributed by atoms with Crippen LogP contribution >= 0.6 is 23.2 Å². The highest BCUT2D eigenvalue weighted by Gasteiger charge is 2.16. The van der Waals surface area contributed by atoms with Crippen LogP contribution in [0.4, 0.5) is 0 Å². The molecule has 1 aromatic carbocycles. The van der Waals surface area contributed by atoms with Gasteiger partial charge >= 0.3 is 0 Å². The number of fused-ring (bicyclic) bond motifs is 1. The Kier molecular flexibility index (Phi) is 5.56. The number of hydrogen-bond acceptors (Lipinski definition) is 3. The Balaban J connectivity index is 2.01. The van der Waals surface area contributed by atoms with Crippen molar-refractivity contribution in [3.05, 3.63) is 58.1 Å². The van der Waals surface area contributed by atoms with Crippen LogP contribution < -0.4 is 5.32 Å². The van der Waals surface area contributed by atoms with Crippen LogP contribution in [0.15, 0.2) is 36.5 Å². The Bertz CT molecular complexity index is 893. The van der Waals surface area contributed by atoms with E-state index in [4.69, 9.17) is 23.2 Å². The first-order valence-electron chi connectivity index (χ1n) is 8.09. The number of rotatable bonds is 6. The van der Waals surface area contributed by atoms with Gasteiger partial charge in [0.15, 0.2) is 0 Å². The fourth-order valence-corrected chi connectivity index (χ4v) is 2.93. The molecule has 0 spiro atoms. The Morgan fingerprint density at radius 2 is 2.04 bits per heavy atom. The van der Waals surface area contributed by atoms with Crippen LogP contribution in [-0.4, -0.2) is 27.0 Å². The number of halogens is 2. The fourth-order valence-electron chi connectivity index (χ4n) is 2.61. The van der Waals surface area contributed by atoms with Gasteiger partial charge in [-0.25, -0.2) is 4.98 Å². The van der Waals surface area contributed by atoms with E-state index in [0.717, 1.165) is 23.5 Å². The molecule has 0 aliphatic heterocycles. The van der Waals surface area contributed by atoms with E-state index in [1.165, 1.54) is 0 Å². The third kappa shape index (κ3) is 4.11. The number of nitrogens with one attached hydrogen (secondary N) is 1. The predicted octanol–water partition coefficient (Wildman–Crippen LogP) is 3.86. The lowest BCUT2D eigenvalue weighted by molar-refractivity contribution is -0.121. The number of imidazole rings is 1. The molecule has 130 valence electrons. The summed E-state index contributed by atoms with van der Waals surface area (Å²) in [6.07, 6.45) is 3.15. The number of carbonyl (C=O) groups is 1. The molecule has 0 saturated carbocycles. The topological polar surface area (TPSA) is 59.8 Å². The van der Waals surface area contributed by atoms with Crippen molar-refractivity contribution in [3.63, 3.8) is 0 Å². The quantitative estimate of drug-likeness (QED) is 0.710. The number of aromatic nitrogens is 3. The van der Waals surface area contributed by atoms with E-state index in [-0.39, 0.29) is 12.5 Å². The number of amides is 1. The Labute approximate surface area is 156 Å². The van der Waals surface area contributed by atoms with Crippen LogP contribution in [-0.2, 0) is 17.8 Å². The number of carbonyl (C=O) groups excluding carboxylic acids is 1. The summed E-state index contributed by atoms with van der Waals surface area (Å²) in [7, 11) is 0. The highest BCUT2D eigenvalue weighted by molar-refractivity contribution is 6.42. The monoisotopic (exact) mass is 376 g/mol. The first kappa shape index (κ1) is 17.7. The van der Waals surface area contributed by atoms with Gasteiger partial charge in [-0.3, -0.25) is 9.78 Å². The zero-order valence-corrected chi connectivity index (χ0v) is 15.3. The van der Waals surface area contributed by atoms with E-state index < -0.39 is 0 Å². The molecule has 2 heterocycles. The SMILES string of the molecule is CCCNC(=O)Cn1c(Cc2ccccn2)nc2cc(Cl)c(Cl)cc21. The maximum atomic E-state index is 12.2. The van der Waals surface area contributed by atoms with Crippen LogP contribution in [0.5, 0.6) is 0 Å². The minimum atomic E-state index is -0.0607. The van der Waals surface area contributed by atoms with Gasteiger partial charge in [0.05, 0.1) is 21.1 Å². The van der Waals surface area contributed by atoms with Crippen molar-refractivity contribution in [3.8, 4) is 0 Å². The smallest absolute Gasteiger partial charge is 0.240 e. The standard InChI is InChI=1S/C18H18Cl2N4O/c1-2-6-22-18(25)11-24-16-10-14(20)13(19)9-15(16)23-17(24)8-12-5-3-4-7-21-12/h3-5,7,9-10H,2,6,8,11H2,1H3,(H,22,25). The molecule has 0 atom stereocenters. The van der Waals surface area contributed by atoms with Crippen LogP contribution in [0.25, 0.3) is 11.0 Å². The largest absolute Gasteiger partial charge is 0.355 e. The second-order valence-corrected chi connectivity index (χ2v) is 6.53. The summed E-state index contributed by atoms with van der Waals surface area (Å²) in [6, 6.07) is 9.20. The van der Waals surface area contributed by atoms with Crippen molar-refractivity contribution >= 4 is 40.1 Å². The van der Waals surface area contributed by atoms with E-state index in [9.17, 15) is 4.79 Å². The number of nitrogens with zero attached hydrogens (tertiary/aromatic N) is 3. The molecule has 0 unspecified atom stereocenters. The average molecular weight is 377 g/mol. The fraction of sp³-hybridized carbons (Fsp3) is 0.278. The van der Waals surface area contributed by atoms with E-state index in [0.29, 0.717) is 28.5 Å². The Morgan fingerprint density at radius 3 is 2.76 bits per heavy atom. The maximum absolute atomic E-state index is 12.2. The average Bonchev–Trinajstić information content (AvgIpc) is 2.91. The summed E-state index contributed by atoms with van der Waals surface area (Å²) < 4.78 is 1.87. The molecular weight excluding hydrogens is 359 g/mol. The third-order valence-electron chi connectivity index (χ3n) is 3.81. The highest BCUT2D eigenvalue weighted by atomic mass is 35.5. The van der Waals surface area contributed by atoms with Crippen molar-refractivity contribution in [1.29, 1.82) is 0 Å². The second kappa shape index (κ2) is 7.85. The van der Waals surface area contributed by atoms with Gasteiger partial charge in [-0.1, -0.05) is 36.2 Å². The zero-order chi connectivity index (χ0) is 17.8. The van der Waals surface area contributed by atoms with Crippen LogP contribution in [0.1, 0.15) is 24.9 Å². The predicted molar refractivity (Wildman–Crippen MR) is 100 cm³/mol. The minimum Gasteiger partial charge on any atom is -0.355 e.